The van der Waals surface area contributed by atoms with Crippen molar-refractivity contribution in [2.75, 3.05) is 0 Å². The molecule has 122 valence electrons. The van der Waals surface area contributed by atoms with E-state index in [1.54, 1.807) is 10.8 Å². The van der Waals surface area contributed by atoms with Gasteiger partial charge in [-0.25, -0.2) is 0 Å². The summed E-state index contributed by atoms with van der Waals surface area (Å²) in [7, 11) is 0. The van der Waals surface area contributed by atoms with Gasteiger partial charge in [0.1, 0.15) is 4.88 Å². The predicted octanol–water partition coefficient (Wildman–Crippen LogP) is 5.65. The lowest BCUT2D eigenvalue weighted by Gasteiger charge is -2.14. The molecule has 0 spiro atoms. The van der Waals surface area contributed by atoms with Crippen molar-refractivity contribution in [1.82, 2.24) is 4.57 Å². The van der Waals surface area contributed by atoms with E-state index in [-0.39, 0.29) is 11.9 Å². The van der Waals surface area contributed by atoms with Crippen LogP contribution in [-0.4, -0.2) is 15.9 Å². The first-order valence-corrected chi connectivity index (χ1v) is 8.88. The maximum absolute atomic E-state index is 10.6. The molecule has 1 atom stereocenters. The number of hydrogen-bond acceptors (Lipinski definition) is 4. The molecule has 3 aromatic rings. The molecule has 3 rings (SSSR count). The second-order valence-electron chi connectivity index (χ2n) is 5.61. The van der Waals surface area contributed by atoms with Crippen molar-refractivity contribution in [1.29, 1.82) is 0 Å². The molecule has 0 radical (unpaired) electrons. The highest BCUT2D eigenvalue weighted by Gasteiger charge is 2.16. The molecule has 5 heteroatoms. The molecular weight excluding hydrogens is 336 g/mol. The number of benzene rings is 2. The third-order valence-electron chi connectivity index (χ3n) is 3.88. The van der Waals surface area contributed by atoms with E-state index in [1.165, 1.54) is 16.9 Å². The fourth-order valence-electron chi connectivity index (χ4n) is 2.46. The minimum Gasteiger partial charge on any atom is -0.493 e. The van der Waals surface area contributed by atoms with Crippen LogP contribution in [0.25, 0.3) is 0 Å². The smallest absolute Gasteiger partial charge is 0.212 e. The average Bonchev–Trinajstić information content (AvgIpc) is 2.88. The zero-order chi connectivity index (χ0) is 17.1. The largest absolute Gasteiger partial charge is 0.493 e. The molecule has 0 saturated heterocycles. The number of aromatic nitrogens is 1. The number of rotatable bonds is 4. The first-order chi connectivity index (χ1) is 11.6. The van der Waals surface area contributed by atoms with Crippen LogP contribution in [-0.2, 0) is 0 Å². The SMILES string of the molecule is Cc1ccc(N=Cc2sc(=S)n(C(C)c3ccccc3)c2O)cc1. The Morgan fingerprint density at radius 3 is 2.46 bits per heavy atom. The molecular formula is C19H18N2OS2. The van der Waals surface area contributed by atoms with Crippen molar-refractivity contribution in [2.45, 2.75) is 19.9 Å². The van der Waals surface area contributed by atoms with Crippen LogP contribution in [0.1, 0.15) is 29.0 Å². The van der Waals surface area contributed by atoms with E-state index in [2.05, 4.69) is 4.99 Å². The van der Waals surface area contributed by atoms with Gasteiger partial charge in [-0.2, -0.15) is 0 Å². The van der Waals surface area contributed by atoms with Crippen LogP contribution in [0.2, 0.25) is 0 Å². The zero-order valence-electron chi connectivity index (χ0n) is 13.5. The number of nitrogens with zero attached hydrogens (tertiary/aromatic N) is 2. The van der Waals surface area contributed by atoms with Crippen molar-refractivity contribution < 1.29 is 5.11 Å². The number of aliphatic imine (C=N–C) groups is 1. The summed E-state index contributed by atoms with van der Waals surface area (Å²) in [5.74, 6) is 0.164. The van der Waals surface area contributed by atoms with Gasteiger partial charge < -0.3 is 5.11 Å². The first-order valence-electron chi connectivity index (χ1n) is 7.66. The van der Waals surface area contributed by atoms with Crippen molar-refractivity contribution in [3.63, 3.8) is 0 Å². The van der Waals surface area contributed by atoms with E-state index >= 15 is 0 Å². The summed E-state index contributed by atoms with van der Waals surface area (Å²) in [5, 5.41) is 10.6. The standard InChI is InChI=1S/C19H18N2OS2/c1-13-8-10-16(11-9-13)20-12-17-18(22)21(19(23)24-17)14(2)15-6-4-3-5-7-15/h3-12,14,22H,1-2H3. The van der Waals surface area contributed by atoms with Gasteiger partial charge in [0.15, 0.2) is 3.95 Å². The molecule has 0 amide bonds. The maximum Gasteiger partial charge on any atom is 0.212 e. The van der Waals surface area contributed by atoms with Gasteiger partial charge in [-0.05, 0) is 43.8 Å². The molecule has 1 N–H and O–H groups in total. The number of thiazole rings is 1. The highest BCUT2D eigenvalue weighted by atomic mass is 32.1. The second kappa shape index (κ2) is 7.11. The molecule has 1 unspecified atom stereocenters. The van der Waals surface area contributed by atoms with Gasteiger partial charge in [-0.1, -0.05) is 59.4 Å². The fraction of sp³-hybridized carbons (Fsp3) is 0.158. The van der Waals surface area contributed by atoms with Crippen LogP contribution in [0.5, 0.6) is 5.88 Å². The van der Waals surface area contributed by atoms with Gasteiger partial charge in [0.25, 0.3) is 0 Å². The lowest BCUT2D eigenvalue weighted by molar-refractivity contribution is 0.405. The van der Waals surface area contributed by atoms with Gasteiger partial charge >= 0.3 is 0 Å². The molecule has 2 aromatic carbocycles. The minimum absolute atomic E-state index is 0.0310. The van der Waals surface area contributed by atoms with Crippen molar-refractivity contribution in [2.24, 2.45) is 4.99 Å². The molecule has 0 aliphatic carbocycles. The number of hydrogen-bond donors (Lipinski definition) is 1. The normalized spacial score (nSPS) is 12.6. The Labute approximate surface area is 150 Å². The third-order valence-corrected chi connectivity index (χ3v) is 5.20. The predicted molar refractivity (Wildman–Crippen MR) is 103 cm³/mol. The van der Waals surface area contributed by atoms with Crippen LogP contribution in [0.15, 0.2) is 59.6 Å². The van der Waals surface area contributed by atoms with Gasteiger partial charge in [-0.15, -0.1) is 0 Å². The Bertz CT molecular complexity index is 909. The Morgan fingerprint density at radius 2 is 1.79 bits per heavy atom. The van der Waals surface area contributed by atoms with E-state index in [0.717, 1.165) is 11.3 Å². The third kappa shape index (κ3) is 3.47. The quantitative estimate of drug-likeness (QED) is 0.485. The molecule has 1 heterocycles. The van der Waals surface area contributed by atoms with E-state index in [9.17, 15) is 5.11 Å². The highest BCUT2D eigenvalue weighted by Crippen LogP contribution is 2.31. The van der Waals surface area contributed by atoms with Crippen LogP contribution >= 0.6 is 23.6 Å². The average molecular weight is 355 g/mol. The van der Waals surface area contributed by atoms with Gasteiger partial charge in [-0.3, -0.25) is 9.56 Å². The van der Waals surface area contributed by atoms with Crippen molar-refractivity contribution >= 4 is 35.5 Å². The molecule has 0 aliphatic heterocycles. The molecule has 0 aliphatic rings. The second-order valence-corrected chi connectivity index (χ2v) is 7.28. The van der Waals surface area contributed by atoms with E-state index in [1.807, 2.05) is 68.4 Å². The minimum atomic E-state index is -0.0310. The van der Waals surface area contributed by atoms with E-state index < -0.39 is 0 Å². The molecule has 0 saturated carbocycles. The summed E-state index contributed by atoms with van der Waals surface area (Å²) in [6.07, 6.45) is 1.68. The van der Waals surface area contributed by atoms with Crippen molar-refractivity contribution in [3.8, 4) is 5.88 Å². The molecule has 0 bridgehead atoms. The van der Waals surface area contributed by atoms with Crippen LogP contribution in [0.3, 0.4) is 0 Å². The van der Waals surface area contributed by atoms with E-state index in [0.29, 0.717) is 8.83 Å². The van der Waals surface area contributed by atoms with Gasteiger partial charge in [0, 0.05) is 0 Å². The summed E-state index contributed by atoms with van der Waals surface area (Å²) < 4.78 is 2.40. The Morgan fingerprint density at radius 1 is 1.12 bits per heavy atom. The summed E-state index contributed by atoms with van der Waals surface area (Å²) in [4.78, 5) is 5.10. The molecule has 1 aromatic heterocycles. The van der Waals surface area contributed by atoms with Crippen molar-refractivity contribution in [3.05, 3.63) is 74.6 Å². The number of aryl methyl sites for hydroxylation is 1. The summed E-state index contributed by atoms with van der Waals surface area (Å²) >= 11 is 6.81. The molecule has 3 nitrogen and oxygen atoms in total. The summed E-state index contributed by atoms with van der Waals surface area (Å²) in [6, 6.07) is 17.9. The highest BCUT2D eigenvalue weighted by molar-refractivity contribution is 7.73. The first kappa shape index (κ1) is 16.6. The van der Waals surface area contributed by atoms with Gasteiger partial charge in [0.2, 0.25) is 5.88 Å². The zero-order valence-corrected chi connectivity index (χ0v) is 15.1. The topological polar surface area (TPSA) is 37.5 Å². The molecule has 24 heavy (non-hydrogen) atoms. The van der Waals surface area contributed by atoms with E-state index in [4.69, 9.17) is 12.2 Å². The van der Waals surface area contributed by atoms with Crippen LogP contribution in [0, 0.1) is 10.9 Å². The monoisotopic (exact) mass is 354 g/mol. The lowest BCUT2D eigenvalue weighted by atomic mass is 10.1. The maximum atomic E-state index is 10.6. The number of aromatic hydroxyl groups is 1. The Hall–Kier alpha value is -2.24. The Kier molecular flexibility index (Phi) is 4.92. The van der Waals surface area contributed by atoms with Crippen LogP contribution < -0.4 is 0 Å². The Balaban J connectivity index is 1.92. The van der Waals surface area contributed by atoms with Gasteiger partial charge in [0.05, 0.1) is 17.9 Å². The summed E-state index contributed by atoms with van der Waals surface area (Å²) in [6.45, 7) is 4.06. The van der Waals surface area contributed by atoms with Crippen LogP contribution in [0.4, 0.5) is 5.69 Å². The summed E-state index contributed by atoms with van der Waals surface area (Å²) in [5.41, 5.74) is 3.14. The fourth-order valence-corrected chi connectivity index (χ4v) is 3.80. The molecule has 0 fully saturated rings. The lowest BCUT2D eigenvalue weighted by Crippen LogP contribution is -2.06.